The molecule has 1 saturated heterocycles. The lowest BCUT2D eigenvalue weighted by molar-refractivity contribution is -0.384. The molecule has 1 aromatic carbocycles. The van der Waals surface area contributed by atoms with Gasteiger partial charge in [0.2, 0.25) is 0 Å². The molecule has 11 heteroatoms. The van der Waals surface area contributed by atoms with Gasteiger partial charge in [-0.15, -0.1) is 0 Å². The maximum Gasteiger partial charge on any atom is 0.326 e. The van der Waals surface area contributed by atoms with Crippen LogP contribution in [0.3, 0.4) is 0 Å². The minimum absolute atomic E-state index is 0.0223. The van der Waals surface area contributed by atoms with Crippen molar-refractivity contribution in [3.63, 3.8) is 0 Å². The van der Waals surface area contributed by atoms with E-state index in [2.05, 4.69) is 0 Å². The Morgan fingerprint density at radius 1 is 1.35 bits per heavy atom. The number of benzene rings is 1. The van der Waals surface area contributed by atoms with Crippen molar-refractivity contribution in [2.45, 2.75) is 20.0 Å². The van der Waals surface area contributed by atoms with Gasteiger partial charge in [-0.1, -0.05) is 23.2 Å². The Hall–Kier alpha value is -2.10. The molecular formula is C15H12Cl2N2O6S. The summed E-state index contributed by atoms with van der Waals surface area (Å²) in [5.41, 5.74) is -0.236. The van der Waals surface area contributed by atoms with E-state index in [1.54, 1.807) is 13.8 Å². The van der Waals surface area contributed by atoms with E-state index in [1.807, 2.05) is 0 Å². The monoisotopic (exact) mass is 418 g/mol. The van der Waals surface area contributed by atoms with Gasteiger partial charge in [0.1, 0.15) is 11.6 Å². The largest absolute Gasteiger partial charge is 0.462 e. The fraction of sp³-hybridized carbons (Fsp3) is 0.267. The highest BCUT2D eigenvalue weighted by Gasteiger charge is 2.37. The van der Waals surface area contributed by atoms with E-state index < -0.39 is 28.6 Å². The topological polar surface area (TPSA) is 107 Å². The predicted octanol–water partition coefficient (Wildman–Crippen LogP) is 3.89. The first-order chi connectivity index (χ1) is 12.1. The van der Waals surface area contributed by atoms with E-state index in [0.29, 0.717) is 11.8 Å². The number of carbonyl (C=O) groups is 3. The standard InChI is InChI=1S/C15H12Cl2N2O6S/c1-7(2)25-13(20)6-18-14(21)12(26-15(18)22)4-8-3-11(19(23)24)10(17)5-9(8)16/h3-5,7H,6H2,1-2H3/b12-4-. The zero-order valence-corrected chi connectivity index (χ0v) is 15.9. The molecule has 0 radical (unpaired) electrons. The van der Waals surface area contributed by atoms with Crippen molar-refractivity contribution in [1.82, 2.24) is 4.90 Å². The Bertz CT molecular complexity index is 840. The van der Waals surface area contributed by atoms with Gasteiger partial charge in [-0.2, -0.15) is 0 Å². The quantitative estimate of drug-likeness (QED) is 0.308. The Morgan fingerprint density at radius 3 is 2.58 bits per heavy atom. The van der Waals surface area contributed by atoms with Crippen molar-refractivity contribution in [2.24, 2.45) is 0 Å². The van der Waals surface area contributed by atoms with Gasteiger partial charge < -0.3 is 4.74 Å². The third-order valence-electron chi connectivity index (χ3n) is 3.08. The number of nitro benzene ring substituents is 1. The first-order valence-electron chi connectivity index (χ1n) is 7.18. The van der Waals surface area contributed by atoms with E-state index in [9.17, 15) is 24.5 Å². The lowest BCUT2D eigenvalue weighted by Gasteiger charge is -2.13. The summed E-state index contributed by atoms with van der Waals surface area (Å²) in [5.74, 6) is -1.43. The van der Waals surface area contributed by atoms with Gasteiger partial charge in [0.25, 0.3) is 16.8 Å². The SMILES string of the molecule is CC(C)OC(=O)CN1C(=O)S/C(=C\c2cc([N+](=O)[O-])c(Cl)cc2Cl)C1=O. The molecule has 0 bridgehead atoms. The van der Waals surface area contributed by atoms with E-state index in [1.165, 1.54) is 12.1 Å². The smallest absolute Gasteiger partial charge is 0.326 e. The zero-order chi connectivity index (χ0) is 19.6. The van der Waals surface area contributed by atoms with Crippen molar-refractivity contribution in [3.8, 4) is 0 Å². The summed E-state index contributed by atoms with van der Waals surface area (Å²) in [6, 6.07) is 2.28. The summed E-state index contributed by atoms with van der Waals surface area (Å²) >= 11 is 12.4. The Labute approximate surface area is 162 Å². The van der Waals surface area contributed by atoms with E-state index in [-0.39, 0.29) is 32.3 Å². The number of thioether (sulfide) groups is 1. The minimum Gasteiger partial charge on any atom is -0.462 e. The highest BCUT2D eigenvalue weighted by molar-refractivity contribution is 8.18. The third kappa shape index (κ3) is 4.54. The van der Waals surface area contributed by atoms with Crippen LogP contribution in [0.2, 0.25) is 10.0 Å². The number of amides is 2. The van der Waals surface area contributed by atoms with Crippen LogP contribution in [-0.4, -0.2) is 39.6 Å². The third-order valence-corrected chi connectivity index (χ3v) is 4.61. The van der Waals surface area contributed by atoms with Crippen molar-refractivity contribution in [1.29, 1.82) is 0 Å². The van der Waals surface area contributed by atoms with E-state index in [0.717, 1.165) is 11.0 Å². The Kier molecular flexibility index (Phi) is 6.27. The van der Waals surface area contributed by atoms with Crippen LogP contribution in [0.15, 0.2) is 17.0 Å². The second-order valence-corrected chi connectivity index (χ2v) is 7.20. The molecule has 1 heterocycles. The summed E-state index contributed by atoms with van der Waals surface area (Å²) in [6.45, 7) is 2.76. The van der Waals surface area contributed by atoms with Gasteiger partial charge in [-0.05, 0) is 37.8 Å². The van der Waals surface area contributed by atoms with Gasteiger partial charge in [-0.25, -0.2) is 0 Å². The predicted molar refractivity (Wildman–Crippen MR) is 97.0 cm³/mol. The number of hydrogen-bond acceptors (Lipinski definition) is 7. The van der Waals surface area contributed by atoms with Crippen molar-refractivity contribution in [3.05, 3.63) is 42.8 Å². The maximum atomic E-state index is 12.3. The van der Waals surface area contributed by atoms with Crippen LogP contribution in [0.4, 0.5) is 10.5 Å². The average molecular weight is 419 g/mol. The van der Waals surface area contributed by atoms with Crippen LogP contribution >= 0.6 is 35.0 Å². The fourth-order valence-electron chi connectivity index (χ4n) is 2.01. The van der Waals surface area contributed by atoms with Gasteiger partial charge in [-0.3, -0.25) is 29.4 Å². The number of rotatable bonds is 5. The molecule has 2 rings (SSSR count). The molecule has 0 saturated carbocycles. The lowest BCUT2D eigenvalue weighted by atomic mass is 10.2. The Morgan fingerprint density at radius 2 is 2.00 bits per heavy atom. The molecule has 8 nitrogen and oxygen atoms in total. The number of nitro groups is 1. The molecule has 0 atom stereocenters. The molecule has 2 amide bonds. The molecule has 0 aliphatic carbocycles. The second-order valence-electron chi connectivity index (χ2n) is 5.39. The summed E-state index contributed by atoms with van der Waals surface area (Å²) in [4.78, 5) is 47.0. The second kappa shape index (κ2) is 8.07. The molecule has 0 aromatic heterocycles. The van der Waals surface area contributed by atoms with Crippen LogP contribution in [0.1, 0.15) is 19.4 Å². The van der Waals surface area contributed by atoms with Crippen LogP contribution in [-0.2, 0) is 14.3 Å². The van der Waals surface area contributed by atoms with Gasteiger partial charge in [0.05, 0.1) is 15.9 Å². The summed E-state index contributed by atoms with van der Waals surface area (Å²) in [5, 5.41) is 10.2. The normalized spacial score (nSPS) is 15.9. The van der Waals surface area contributed by atoms with Crippen LogP contribution in [0.5, 0.6) is 0 Å². The highest BCUT2D eigenvalue weighted by atomic mass is 35.5. The Balaban J connectivity index is 2.29. The molecular weight excluding hydrogens is 407 g/mol. The van der Waals surface area contributed by atoms with Gasteiger partial charge in [0.15, 0.2) is 0 Å². The highest BCUT2D eigenvalue weighted by Crippen LogP contribution is 2.36. The molecule has 1 aromatic rings. The zero-order valence-electron chi connectivity index (χ0n) is 13.5. The van der Waals surface area contributed by atoms with Crippen LogP contribution in [0, 0.1) is 10.1 Å². The molecule has 0 N–H and O–H groups in total. The van der Waals surface area contributed by atoms with Crippen molar-refractivity contribution in [2.75, 3.05) is 6.54 Å². The fourth-order valence-corrected chi connectivity index (χ4v) is 3.35. The number of hydrogen-bond donors (Lipinski definition) is 0. The number of halogens is 2. The van der Waals surface area contributed by atoms with Crippen molar-refractivity contribution >= 4 is 63.8 Å². The molecule has 26 heavy (non-hydrogen) atoms. The lowest BCUT2D eigenvalue weighted by Crippen LogP contribution is -2.35. The van der Waals surface area contributed by atoms with Crippen LogP contribution < -0.4 is 0 Å². The number of imide groups is 1. The summed E-state index contributed by atoms with van der Waals surface area (Å²) < 4.78 is 4.91. The number of ether oxygens (including phenoxy) is 1. The summed E-state index contributed by atoms with van der Waals surface area (Å²) in [6.07, 6.45) is 0.857. The van der Waals surface area contributed by atoms with Gasteiger partial charge >= 0.3 is 5.97 Å². The molecule has 138 valence electrons. The molecule has 0 spiro atoms. The molecule has 1 fully saturated rings. The van der Waals surface area contributed by atoms with E-state index >= 15 is 0 Å². The van der Waals surface area contributed by atoms with Gasteiger partial charge in [0, 0.05) is 16.7 Å². The number of carbonyl (C=O) groups excluding carboxylic acids is 3. The summed E-state index contributed by atoms with van der Waals surface area (Å²) in [7, 11) is 0. The number of nitrogens with zero attached hydrogens (tertiary/aromatic N) is 2. The van der Waals surface area contributed by atoms with Crippen molar-refractivity contribution < 1.29 is 24.0 Å². The number of esters is 1. The van der Waals surface area contributed by atoms with E-state index in [4.69, 9.17) is 27.9 Å². The molecule has 1 aliphatic heterocycles. The molecule has 1 aliphatic rings. The first kappa shape index (κ1) is 20.2. The molecule has 0 unspecified atom stereocenters. The van der Waals surface area contributed by atoms with Crippen LogP contribution in [0.25, 0.3) is 6.08 Å². The first-order valence-corrected chi connectivity index (χ1v) is 8.75. The average Bonchev–Trinajstić information content (AvgIpc) is 2.76. The maximum absolute atomic E-state index is 12.3. The minimum atomic E-state index is -0.719.